The fourth-order valence-corrected chi connectivity index (χ4v) is 4.80. The van der Waals surface area contributed by atoms with Gasteiger partial charge in [-0.25, -0.2) is 18.7 Å². The van der Waals surface area contributed by atoms with Crippen LogP contribution in [0.5, 0.6) is 0 Å². The summed E-state index contributed by atoms with van der Waals surface area (Å²) >= 11 is 7.14. The van der Waals surface area contributed by atoms with E-state index >= 15 is 0 Å². The minimum Gasteiger partial charge on any atom is -0.348 e. The SMILES string of the molecule is Cn1c(C(F)(F)F)cc(=O)n(-c2c(F)cc(Cl)c3nc(N4CCCC4)sc23)c1=O. The van der Waals surface area contributed by atoms with Crippen molar-refractivity contribution in [3.8, 4) is 5.69 Å². The topological polar surface area (TPSA) is 60.1 Å². The summed E-state index contributed by atoms with van der Waals surface area (Å²) < 4.78 is 54.9. The Labute approximate surface area is 169 Å². The second-order valence-electron chi connectivity index (χ2n) is 6.60. The highest BCUT2D eigenvalue weighted by molar-refractivity contribution is 7.22. The number of thiazole rings is 1. The van der Waals surface area contributed by atoms with Gasteiger partial charge in [0.2, 0.25) is 0 Å². The van der Waals surface area contributed by atoms with E-state index in [1.807, 2.05) is 4.90 Å². The van der Waals surface area contributed by atoms with Crippen molar-refractivity contribution < 1.29 is 17.6 Å². The fraction of sp³-hybridized carbons (Fsp3) is 0.353. The number of rotatable bonds is 2. The van der Waals surface area contributed by atoms with Gasteiger partial charge in [0.15, 0.2) is 10.9 Å². The number of benzene rings is 1. The zero-order valence-corrected chi connectivity index (χ0v) is 16.5. The van der Waals surface area contributed by atoms with Crippen LogP contribution in [0.1, 0.15) is 18.5 Å². The van der Waals surface area contributed by atoms with E-state index in [1.165, 1.54) is 0 Å². The second-order valence-corrected chi connectivity index (χ2v) is 7.98. The first-order valence-corrected chi connectivity index (χ1v) is 9.73. The molecule has 1 aromatic carbocycles. The van der Waals surface area contributed by atoms with Crippen LogP contribution in [-0.2, 0) is 13.2 Å². The second kappa shape index (κ2) is 6.84. The summed E-state index contributed by atoms with van der Waals surface area (Å²) in [7, 11) is 0.869. The number of fused-ring (bicyclic) bond motifs is 1. The Morgan fingerprint density at radius 1 is 1.17 bits per heavy atom. The number of nitrogens with zero attached hydrogens (tertiary/aromatic N) is 4. The first-order chi connectivity index (χ1) is 13.6. The van der Waals surface area contributed by atoms with Gasteiger partial charge in [0.25, 0.3) is 5.56 Å². The molecule has 0 radical (unpaired) electrons. The summed E-state index contributed by atoms with van der Waals surface area (Å²) in [5, 5.41) is 0.530. The van der Waals surface area contributed by atoms with Crippen LogP contribution in [0.4, 0.5) is 22.7 Å². The Morgan fingerprint density at radius 2 is 1.83 bits per heavy atom. The van der Waals surface area contributed by atoms with Crippen molar-refractivity contribution in [1.82, 2.24) is 14.1 Å². The van der Waals surface area contributed by atoms with Gasteiger partial charge in [-0.2, -0.15) is 13.2 Å². The predicted octanol–water partition coefficient (Wildman–Crippen LogP) is 3.56. The van der Waals surface area contributed by atoms with Crippen molar-refractivity contribution in [2.45, 2.75) is 19.0 Å². The molecule has 1 aliphatic rings. The number of aromatic nitrogens is 3. The van der Waals surface area contributed by atoms with Crippen molar-refractivity contribution in [2.75, 3.05) is 18.0 Å². The zero-order valence-electron chi connectivity index (χ0n) is 14.9. The van der Waals surface area contributed by atoms with Gasteiger partial charge in [-0.15, -0.1) is 0 Å². The summed E-state index contributed by atoms with van der Waals surface area (Å²) in [5.41, 5.74) is -4.30. The molecule has 0 saturated carbocycles. The van der Waals surface area contributed by atoms with Crippen LogP contribution < -0.4 is 16.1 Å². The maximum Gasteiger partial charge on any atom is 0.431 e. The first-order valence-electron chi connectivity index (χ1n) is 8.53. The van der Waals surface area contributed by atoms with Crippen LogP contribution in [-0.4, -0.2) is 27.2 Å². The highest BCUT2D eigenvalue weighted by atomic mass is 35.5. The molecule has 1 saturated heterocycles. The molecule has 0 atom stereocenters. The molecule has 154 valence electrons. The lowest BCUT2D eigenvalue weighted by Crippen LogP contribution is -2.41. The normalized spacial score (nSPS) is 14.9. The van der Waals surface area contributed by atoms with Crippen LogP contribution in [0, 0.1) is 5.82 Å². The van der Waals surface area contributed by atoms with Crippen LogP contribution in [0.25, 0.3) is 15.9 Å². The molecular formula is C17H13ClF4N4O2S. The first kappa shape index (κ1) is 19.9. The van der Waals surface area contributed by atoms with E-state index in [9.17, 15) is 27.2 Å². The van der Waals surface area contributed by atoms with Gasteiger partial charge in [0.1, 0.15) is 16.9 Å². The third-order valence-electron chi connectivity index (χ3n) is 4.75. The molecule has 4 rings (SSSR count). The molecule has 6 nitrogen and oxygen atoms in total. The molecule has 0 spiro atoms. The van der Waals surface area contributed by atoms with Gasteiger partial charge in [0, 0.05) is 26.2 Å². The largest absolute Gasteiger partial charge is 0.431 e. The van der Waals surface area contributed by atoms with Crippen LogP contribution in [0.3, 0.4) is 0 Å². The summed E-state index contributed by atoms with van der Waals surface area (Å²) in [4.78, 5) is 31.4. The van der Waals surface area contributed by atoms with E-state index < -0.39 is 34.6 Å². The van der Waals surface area contributed by atoms with E-state index in [0.29, 0.717) is 9.70 Å². The third kappa shape index (κ3) is 3.21. The number of anilines is 1. The quantitative estimate of drug-likeness (QED) is 0.562. The van der Waals surface area contributed by atoms with Gasteiger partial charge < -0.3 is 4.90 Å². The average Bonchev–Trinajstić information content (AvgIpc) is 3.29. The van der Waals surface area contributed by atoms with Gasteiger partial charge >= 0.3 is 11.9 Å². The lowest BCUT2D eigenvalue weighted by atomic mass is 10.2. The lowest BCUT2D eigenvalue weighted by molar-refractivity contribution is -0.144. The highest BCUT2D eigenvalue weighted by Gasteiger charge is 2.35. The van der Waals surface area contributed by atoms with E-state index in [1.54, 1.807) is 0 Å². The van der Waals surface area contributed by atoms with Gasteiger partial charge in [-0.1, -0.05) is 22.9 Å². The summed E-state index contributed by atoms with van der Waals surface area (Å²) in [5.74, 6) is -1.00. The van der Waals surface area contributed by atoms with Gasteiger partial charge in [-0.05, 0) is 18.9 Å². The van der Waals surface area contributed by atoms with E-state index in [4.69, 9.17) is 11.6 Å². The maximum atomic E-state index is 14.8. The van der Waals surface area contributed by atoms with Crippen LogP contribution in [0.2, 0.25) is 5.02 Å². The number of alkyl halides is 3. The number of hydrogen-bond donors (Lipinski definition) is 0. The third-order valence-corrected chi connectivity index (χ3v) is 6.16. The molecule has 1 aliphatic heterocycles. The smallest absolute Gasteiger partial charge is 0.348 e. The number of hydrogen-bond acceptors (Lipinski definition) is 5. The minimum absolute atomic E-state index is 0.0141. The molecular weight excluding hydrogens is 436 g/mol. The summed E-state index contributed by atoms with van der Waals surface area (Å²) in [6.45, 7) is 1.49. The van der Waals surface area contributed by atoms with Crippen LogP contribution >= 0.6 is 22.9 Å². The molecule has 2 aromatic heterocycles. The summed E-state index contributed by atoms with van der Waals surface area (Å²) in [6, 6.07) is 1.17. The molecule has 3 aromatic rings. The predicted molar refractivity (Wildman–Crippen MR) is 102 cm³/mol. The molecule has 1 fully saturated rings. The Morgan fingerprint density at radius 3 is 2.45 bits per heavy atom. The average molecular weight is 449 g/mol. The number of halogens is 5. The molecule has 0 N–H and O–H groups in total. The zero-order chi connectivity index (χ0) is 21.1. The molecule has 0 amide bonds. The molecule has 0 unspecified atom stereocenters. The van der Waals surface area contributed by atoms with Crippen molar-refractivity contribution in [3.63, 3.8) is 0 Å². The van der Waals surface area contributed by atoms with Crippen molar-refractivity contribution in [2.24, 2.45) is 7.05 Å². The van der Waals surface area contributed by atoms with Crippen molar-refractivity contribution >= 4 is 38.3 Å². The van der Waals surface area contributed by atoms with Crippen molar-refractivity contribution in [1.29, 1.82) is 0 Å². The van der Waals surface area contributed by atoms with E-state index in [2.05, 4.69) is 4.98 Å². The molecule has 3 heterocycles. The molecule has 12 heteroatoms. The Balaban J connectivity index is 2.03. The monoisotopic (exact) mass is 448 g/mol. The summed E-state index contributed by atoms with van der Waals surface area (Å²) in [6.07, 6.45) is -2.99. The van der Waals surface area contributed by atoms with Crippen LogP contribution in [0.15, 0.2) is 21.7 Å². The Bertz CT molecular complexity index is 1240. The molecule has 29 heavy (non-hydrogen) atoms. The molecule has 0 aliphatic carbocycles. The van der Waals surface area contributed by atoms with Gasteiger partial charge in [-0.3, -0.25) is 9.36 Å². The van der Waals surface area contributed by atoms with E-state index in [0.717, 1.165) is 50.4 Å². The van der Waals surface area contributed by atoms with Crippen molar-refractivity contribution in [3.05, 3.63) is 49.5 Å². The van der Waals surface area contributed by atoms with E-state index in [-0.39, 0.29) is 25.9 Å². The maximum absolute atomic E-state index is 14.8. The van der Waals surface area contributed by atoms with Gasteiger partial charge in [0.05, 0.1) is 9.72 Å². The lowest BCUT2D eigenvalue weighted by Gasteiger charge is -2.14. The minimum atomic E-state index is -4.91. The Hall–Kier alpha value is -2.40. The fourth-order valence-electron chi connectivity index (χ4n) is 3.34. The highest BCUT2D eigenvalue weighted by Crippen LogP contribution is 2.39. The molecule has 0 bridgehead atoms. The standard InChI is InChI=1S/C17H13ClF4N4O2S/c1-24-10(17(20,21)22)7-11(27)26(16(24)28)13-9(19)6-8(18)12-14(13)29-15(23-12)25-4-2-3-5-25/h6-7H,2-5H2,1H3. The Kier molecular flexibility index (Phi) is 4.69.